The lowest BCUT2D eigenvalue weighted by molar-refractivity contribution is -0.113. The first-order valence-corrected chi connectivity index (χ1v) is 8.39. The van der Waals surface area contributed by atoms with Gasteiger partial charge in [0.2, 0.25) is 5.95 Å². The van der Waals surface area contributed by atoms with Gasteiger partial charge in [-0.3, -0.25) is 4.79 Å². The molecule has 130 valence electrons. The Morgan fingerprint density at radius 2 is 1.88 bits per heavy atom. The zero-order valence-electron chi connectivity index (χ0n) is 13.8. The van der Waals surface area contributed by atoms with Crippen LogP contribution in [0.3, 0.4) is 0 Å². The van der Waals surface area contributed by atoms with Crippen molar-refractivity contribution in [3.05, 3.63) is 76.5 Å². The monoisotopic (exact) mass is 366 g/mol. The zero-order valence-corrected chi connectivity index (χ0v) is 14.6. The SMILES string of the molecule is CC1=C(C(=O)Nc2ccccc2)[C@@H](c2ccccc2Cl)n2nnnc2N1. The van der Waals surface area contributed by atoms with Gasteiger partial charge >= 0.3 is 0 Å². The second kappa shape index (κ2) is 6.61. The number of hydrogen-bond donors (Lipinski definition) is 2. The number of hydrogen-bond acceptors (Lipinski definition) is 5. The summed E-state index contributed by atoms with van der Waals surface area (Å²) >= 11 is 6.41. The van der Waals surface area contributed by atoms with Crippen LogP contribution in [0.25, 0.3) is 0 Å². The summed E-state index contributed by atoms with van der Waals surface area (Å²) in [7, 11) is 0. The summed E-state index contributed by atoms with van der Waals surface area (Å²) in [5.74, 6) is 0.218. The van der Waals surface area contributed by atoms with Crippen LogP contribution in [0.4, 0.5) is 11.6 Å². The molecule has 26 heavy (non-hydrogen) atoms. The molecule has 3 aromatic rings. The average molecular weight is 367 g/mol. The molecule has 1 amide bonds. The van der Waals surface area contributed by atoms with Crippen molar-refractivity contribution in [1.29, 1.82) is 0 Å². The predicted molar refractivity (Wildman–Crippen MR) is 98.8 cm³/mol. The molecule has 2 N–H and O–H groups in total. The number of halogens is 1. The average Bonchev–Trinajstić information content (AvgIpc) is 3.10. The molecule has 2 aromatic carbocycles. The predicted octanol–water partition coefficient (Wildman–Crippen LogP) is 3.25. The molecule has 1 atom stereocenters. The Hall–Kier alpha value is -3.19. The molecule has 0 saturated carbocycles. The summed E-state index contributed by atoms with van der Waals surface area (Å²) in [6, 6.07) is 16.1. The van der Waals surface area contributed by atoms with Gasteiger partial charge in [-0.25, -0.2) is 0 Å². The van der Waals surface area contributed by atoms with E-state index in [9.17, 15) is 4.79 Å². The number of para-hydroxylation sites is 1. The van der Waals surface area contributed by atoms with Gasteiger partial charge < -0.3 is 10.6 Å². The number of tetrazole rings is 1. The molecule has 0 spiro atoms. The number of benzene rings is 2. The Morgan fingerprint density at radius 1 is 1.15 bits per heavy atom. The van der Waals surface area contributed by atoms with Crippen molar-refractivity contribution >= 4 is 29.1 Å². The second-order valence-corrected chi connectivity index (χ2v) is 6.26. The molecule has 0 saturated heterocycles. The third kappa shape index (κ3) is 2.82. The molecule has 0 fully saturated rings. The molecule has 1 aliphatic heterocycles. The minimum Gasteiger partial charge on any atom is -0.326 e. The highest BCUT2D eigenvalue weighted by Gasteiger charge is 2.35. The van der Waals surface area contributed by atoms with Gasteiger partial charge in [-0.15, -0.1) is 0 Å². The molecule has 7 nitrogen and oxygen atoms in total. The number of amides is 1. The number of nitrogens with zero attached hydrogens (tertiary/aromatic N) is 4. The van der Waals surface area contributed by atoms with E-state index in [-0.39, 0.29) is 5.91 Å². The van der Waals surface area contributed by atoms with Crippen LogP contribution in [0.15, 0.2) is 65.9 Å². The standard InChI is InChI=1S/C18H15ClN6O/c1-11-15(17(26)21-12-7-3-2-4-8-12)16(13-9-5-6-10-14(13)19)25-18(20-11)22-23-24-25/h2-10,16H,1H3,(H,21,26)(H,20,22,24)/t16-/m1/s1. The van der Waals surface area contributed by atoms with Crippen LogP contribution in [0.1, 0.15) is 18.5 Å². The fourth-order valence-corrected chi connectivity index (χ4v) is 3.25. The van der Waals surface area contributed by atoms with Crippen molar-refractivity contribution in [3.8, 4) is 0 Å². The first-order chi connectivity index (χ1) is 12.6. The lowest BCUT2D eigenvalue weighted by Gasteiger charge is -2.28. The van der Waals surface area contributed by atoms with Gasteiger partial charge in [-0.05, 0) is 35.5 Å². The van der Waals surface area contributed by atoms with Crippen LogP contribution < -0.4 is 10.6 Å². The van der Waals surface area contributed by atoms with Crippen molar-refractivity contribution in [3.63, 3.8) is 0 Å². The van der Waals surface area contributed by atoms with Crippen LogP contribution in [-0.2, 0) is 4.79 Å². The molecule has 1 aliphatic rings. The Morgan fingerprint density at radius 3 is 2.65 bits per heavy atom. The number of carbonyl (C=O) groups excluding carboxylic acids is 1. The molecule has 4 rings (SSSR count). The summed E-state index contributed by atoms with van der Waals surface area (Å²) in [5, 5.41) is 18.3. The van der Waals surface area contributed by atoms with Gasteiger partial charge in [0.1, 0.15) is 6.04 Å². The Labute approximate surface area is 154 Å². The Kier molecular flexibility index (Phi) is 4.14. The number of allylic oxidation sites excluding steroid dienone is 1. The summed E-state index contributed by atoms with van der Waals surface area (Å²) in [5.41, 5.74) is 2.63. The largest absolute Gasteiger partial charge is 0.326 e. The van der Waals surface area contributed by atoms with E-state index in [0.29, 0.717) is 27.9 Å². The van der Waals surface area contributed by atoms with E-state index in [0.717, 1.165) is 5.56 Å². The molecule has 1 aromatic heterocycles. The number of rotatable bonds is 3. The van der Waals surface area contributed by atoms with E-state index >= 15 is 0 Å². The molecule has 0 aliphatic carbocycles. The summed E-state index contributed by atoms with van der Waals surface area (Å²) in [4.78, 5) is 13.1. The van der Waals surface area contributed by atoms with Crippen molar-refractivity contribution in [2.24, 2.45) is 0 Å². The molecule has 8 heteroatoms. The number of nitrogens with one attached hydrogen (secondary N) is 2. The third-order valence-electron chi connectivity index (χ3n) is 4.19. The van der Waals surface area contributed by atoms with Crippen LogP contribution >= 0.6 is 11.6 Å². The third-order valence-corrected chi connectivity index (χ3v) is 4.53. The van der Waals surface area contributed by atoms with Crippen molar-refractivity contribution < 1.29 is 4.79 Å². The number of carbonyl (C=O) groups is 1. The van der Waals surface area contributed by atoms with Gasteiger partial charge in [0.05, 0.1) is 5.57 Å². The molecule has 0 radical (unpaired) electrons. The van der Waals surface area contributed by atoms with Crippen LogP contribution in [0, 0.1) is 0 Å². The van der Waals surface area contributed by atoms with Crippen LogP contribution in [0.5, 0.6) is 0 Å². The quantitative estimate of drug-likeness (QED) is 0.743. The van der Waals surface area contributed by atoms with Gasteiger partial charge in [-0.2, -0.15) is 4.68 Å². The zero-order chi connectivity index (χ0) is 18.1. The fourth-order valence-electron chi connectivity index (χ4n) is 3.01. The number of aromatic nitrogens is 4. The van der Waals surface area contributed by atoms with Crippen LogP contribution in [-0.4, -0.2) is 26.1 Å². The van der Waals surface area contributed by atoms with E-state index in [1.807, 2.05) is 55.5 Å². The molecule has 2 heterocycles. The molecular formula is C18H15ClN6O. The van der Waals surface area contributed by atoms with Gasteiger partial charge in [0.25, 0.3) is 5.91 Å². The molecule has 0 bridgehead atoms. The van der Waals surface area contributed by atoms with E-state index in [1.54, 1.807) is 10.7 Å². The first-order valence-electron chi connectivity index (χ1n) is 8.01. The maximum atomic E-state index is 13.1. The molecule has 0 unspecified atom stereocenters. The second-order valence-electron chi connectivity index (χ2n) is 5.85. The maximum absolute atomic E-state index is 13.1. The lowest BCUT2D eigenvalue weighted by Crippen LogP contribution is -2.31. The topological polar surface area (TPSA) is 84.7 Å². The number of anilines is 2. The highest BCUT2D eigenvalue weighted by Crippen LogP contribution is 2.37. The minimum absolute atomic E-state index is 0.243. The highest BCUT2D eigenvalue weighted by atomic mass is 35.5. The normalized spacial score (nSPS) is 16.0. The summed E-state index contributed by atoms with van der Waals surface area (Å²) in [6.45, 7) is 1.82. The molecular weight excluding hydrogens is 352 g/mol. The van der Waals surface area contributed by atoms with Gasteiger partial charge in [-0.1, -0.05) is 53.1 Å². The van der Waals surface area contributed by atoms with Gasteiger partial charge in [0, 0.05) is 22.0 Å². The van der Waals surface area contributed by atoms with E-state index in [4.69, 9.17) is 11.6 Å². The Bertz CT molecular complexity index is 998. The van der Waals surface area contributed by atoms with Crippen molar-refractivity contribution in [2.75, 3.05) is 10.6 Å². The van der Waals surface area contributed by atoms with Gasteiger partial charge in [0.15, 0.2) is 0 Å². The van der Waals surface area contributed by atoms with Crippen molar-refractivity contribution in [1.82, 2.24) is 20.2 Å². The van der Waals surface area contributed by atoms with E-state index in [1.165, 1.54) is 0 Å². The maximum Gasteiger partial charge on any atom is 0.255 e. The minimum atomic E-state index is -0.529. The Balaban J connectivity index is 1.80. The van der Waals surface area contributed by atoms with Crippen molar-refractivity contribution in [2.45, 2.75) is 13.0 Å². The lowest BCUT2D eigenvalue weighted by atomic mass is 9.95. The summed E-state index contributed by atoms with van der Waals surface area (Å²) < 4.78 is 1.56. The van der Waals surface area contributed by atoms with E-state index in [2.05, 4.69) is 26.2 Å². The van der Waals surface area contributed by atoms with E-state index < -0.39 is 6.04 Å². The first kappa shape index (κ1) is 16.3. The highest BCUT2D eigenvalue weighted by molar-refractivity contribution is 6.31. The fraction of sp³-hybridized carbons (Fsp3) is 0.111. The number of fused-ring (bicyclic) bond motifs is 1. The van der Waals surface area contributed by atoms with Crippen LogP contribution in [0.2, 0.25) is 5.02 Å². The smallest absolute Gasteiger partial charge is 0.255 e. The summed E-state index contributed by atoms with van der Waals surface area (Å²) in [6.07, 6.45) is 0.